The lowest BCUT2D eigenvalue weighted by Crippen LogP contribution is -2.40. The van der Waals surface area contributed by atoms with E-state index in [0.717, 1.165) is 12.1 Å². The van der Waals surface area contributed by atoms with Gasteiger partial charge in [-0.05, 0) is 19.1 Å². The molecule has 0 saturated carbocycles. The summed E-state index contributed by atoms with van der Waals surface area (Å²) in [7, 11) is 0. The summed E-state index contributed by atoms with van der Waals surface area (Å²) >= 11 is 1.27. The van der Waals surface area contributed by atoms with E-state index in [4.69, 9.17) is 5.73 Å². The first-order chi connectivity index (χ1) is 9.00. The Hall–Kier alpha value is -2.02. The number of thiazole rings is 1. The van der Waals surface area contributed by atoms with Crippen molar-refractivity contribution in [2.45, 2.75) is 13.0 Å². The fourth-order valence-corrected chi connectivity index (χ4v) is 2.34. The summed E-state index contributed by atoms with van der Waals surface area (Å²) in [5.74, 6) is -2.52. The van der Waals surface area contributed by atoms with Gasteiger partial charge in [0.05, 0.1) is 0 Å². The molecule has 0 fully saturated rings. The number of carbonyl (C=O) groups excluding carboxylic acids is 1. The highest BCUT2D eigenvalue weighted by Gasteiger charge is 2.23. The molecule has 0 spiro atoms. The van der Waals surface area contributed by atoms with Crippen LogP contribution in [0.25, 0.3) is 0 Å². The minimum absolute atomic E-state index is 0.320. The Morgan fingerprint density at radius 2 is 2.16 bits per heavy atom. The number of aromatic nitrogens is 1. The molecule has 0 aliphatic heterocycles. The van der Waals surface area contributed by atoms with Crippen LogP contribution in [0.2, 0.25) is 0 Å². The van der Waals surface area contributed by atoms with E-state index in [1.165, 1.54) is 22.3 Å². The molecule has 0 aliphatic rings. The van der Waals surface area contributed by atoms with Crippen molar-refractivity contribution in [1.82, 2.24) is 4.98 Å². The highest BCUT2D eigenvalue weighted by Crippen LogP contribution is 2.30. The van der Waals surface area contributed by atoms with E-state index in [1.54, 1.807) is 18.5 Å². The number of nitrogens with zero attached hydrogens (tertiary/aromatic N) is 2. The Morgan fingerprint density at radius 1 is 1.42 bits per heavy atom. The van der Waals surface area contributed by atoms with Gasteiger partial charge in [0.2, 0.25) is 5.91 Å². The highest BCUT2D eigenvalue weighted by atomic mass is 32.1. The summed E-state index contributed by atoms with van der Waals surface area (Å²) in [6.07, 6.45) is 1.56. The first-order valence-corrected chi connectivity index (χ1v) is 6.31. The summed E-state index contributed by atoms with van der Waals surface area (Å²) in [5.41, 5.74) is 5.60. The van der Waals surface area contributed by atoms with Crippen molar-refractivity contribution in [3.8, 4) is 0 Å². The van der Waals surface area contributed by atoms with Gasteiger partial charge in [0, 0.05) is 23.3 Å². The zero-order chi connectivity index (χ0) is 14.0. The summed E-state index contributed by atoms with van der Waals surface area (Å²) in [4.78, 5) is 16.9. The summed E-state index contributed by atoms with van der Waals surface area (Å²) in [6, 6.07) is 2.66. The van der Waals surface area contributed by atoms with Crippen LogP contribution in [-0.4, -0.2) is 16.9 Å². The van der Waals surface area contributed by atoms with Gasteiger partial charge in [0.25, 0.3) is 0 Å². The molecule has 0 bridgehead atoms. The lowest BCUT2D eigenvalue weighted by molar-refractivity contribution is -0.118. The van der Waals surface area contributed by atoms with E-state index in [-0.39, 0.29) is 0 Å². The van der Waals surface area contributed by atoms with Crippen LogP contribution < -0.4 is 10.6 Å². The Kier molecular flexibility index (Phi) is 3.75. The SMILES string of the molecule is CC(C(N)=O)N(c1ccc(F)c(F)c1)c1nccs1. The van der Waals surface area contributed by atoms with E-state index in [9.17, 15) is 13.6 Å². The molecule has 7 heteroatoms. The number of benzene rings is 1. The zero-order valence-electron chi connectivity index (χ0n) is 10.0. The van der Waals surface area contributed by atoms with E-state index in [1.807, 2.05) is 0 Å². The van der Waals surface area contributed by atoms with E-state index in [2.05, 4.69) is 4.98 Å². The van der Waals surface area contributed by atoms with E-state index < -0.39 is 23.6 Å². The van der Waals surface area contributed by atoms with Gasteiger partial charge in [0.15, 0.2) is 16.8 Å². The zero-order valence-corrected chi connectivity index (χ0v) is 10.8. The number of nitrogens with two attached hydrogens (primary N) is 1. The number of primary amides is 1. The van der Waals surface area contributed by atoms with Crippen LogP contribution in [0, 0.1) is 11.6 Å². The van der Waals surface area contributed by atoms with E-state index in [0.29, 0.717) is 10.8 Å². The maximum absolute atomic E-state index is 13.3. The Bertz CT molecular complexity index is 589. The van der Waals surface area contributed by atoms with Gasteiger partial charge in [-0.1, -0.05) is 0 Å². The molecule has 4 nitrogen and oxygen atoms in total. The number of hydrogen-bond acceptors (Lipinski definition) is 4. The minimum atomic E-state index is -0.990. The second-order valence-electron chi connectivity index (χ2n) is 3.86. The van der Waals surface area contributed by atoms with Crippen molar-refractivity contribution < 1.29 is 13.6 Å². The van der Waals surface area contributed by atoms with Gasteiger partial charge >= 0.3 is 0 Å². The van der Waals surface area contributed by atoms with Crippen LogP contribution in [0.5, 0.6) is 0 Å². The molecule has 1 amide bonds. The van der Waals surface area contributed by atoms with E-state index >= 15 is 0 Å². The predicted molar refractivity (Wildman–Crippen MR) is 69.3 cm³/mol. The Morgan fingerprint density at radius 3 is 2.68 bits per heavy atom. The van der Waals surface area contributed by atoms with Crippen LogP contribution in [-0.2, 0) is 4.79 Å². The standard InChI is InChI=1S/C12H11F2N3OS/c1-7(11(15)18)17(12-16-4-5-19-12)8-2-3-9(13)10(14)6-8/h2-7H,1H3,(H2,15,18). The third-order valence-corrected chi connectivity index (χ3v) is 3.38. The van der Waals surface area contributed by atoms with Gasteiger partial charge in [0.1, 0.15) is 6.04 Å². The van der Waals surface area contributed by atoms with Gasteiger partial charge in [-0.3, -0.25) is 4.79 Å². The van der Waals surface area contributed by atoms with Crippen LogP contribution in [0.15, 0.2) is 29.8 Å². The first-order valence-electron chi connectivity index (χ1n) is 5.44. The first kappa shape index (κ1) is 13.4. The normalized spacial score (nSPS) is 12.2. The molecule has 0 saturated heterocycles. The van der Waals surface area contributed by atoms with Crippen molar-refractivity contribution in [3.63, 3.8) is 0 Å². The number of halogens is 2. The fraction of sp³-hybridized carbons (Fsp3) is 0.167. The van der Waals surface area contributed by atoms with Gasteiger partial charge < -0.3 is 10.6 Å². The molecule has 2 aromatic rings. The van der Waals surface area contributed by atoms with Crippen molar-refractivity contribution in [3.05, 3.63) is 41.4 Å². The number of hydrogen-bond donors (Lipinski definition) is 1. The third-order valence-electron chi connectivity index (χ3n) is 2.61. The second-order valence-corrected chi connectivity index (χ2v) is 4.73. The topological polar surface area (TPSA) is 59.2 Å². The number of amides is 1. The van der Waals surface area contributed by atoms with Crippen molar-refractivity contribution in [2.24, 2.45) is 5.73 Å². The van der Waals surface area contributed by atoms with Crippen LogP contribution >= 0.6 is 11.3 Å². The van der Waals surface area contributed by atoms with Gasteiger partial charge in [-0.25, -0.2) is 13.8 Å². The lowest BCUT2D eigenvalue weighted by atomic mass is 10.2. The molecule has 0 radical (unpaired) electrons. The van der Waals surface area contributed by atoms with Gasteiger partial charge in [-0.2, -0.15) is 0 Å². The average Bonchev–Trinajstić information content (AvgIpc) is 2.87. The molecule has 0 aliphatic carbocycles. The lowest BCUT2D eigenvalue weighted by Gasteiger charge is -2.26. The molecule has 19 heavy (non-hydrogen) atoms. The summed E-state index contributed by atoms with van der Waals surface area (Å²) in [5, 5.41) is 2.20. The fourth-order valence-electron chi connectivity index (χ4n) is 1.60. The molecule has 1 aromatic carbocycles. The number of rotatable bonds is 4. The Labute approximate surface area is 112 Å². The number of anilines is 2. The molecule has 1 atom stereocenters. The van der Waals surface area contributed by atoms with Crippen molar-refractivity contribution >= 4 is 28.1 Å². The molecule has 1 aromatic heterocycles. The number of carbonyl (C=O) groups is 1. The Balaban J connectivity index is 2.48. The highest BCUT2D eigenvalue weighted by molar-refractivity contribution is 7.13. The quantitative estimate of drug-likeness (QED) is 0.937. The van der Waals surface area contributed by atoms with Crippen LogP contribution in [0.1, 0.15) is 6.92 Å². The second kappa shape index (κ2) is 5.31. The molecule has 2 N–H and O–H groups in total. The largest absolute Gasteiger partial charge is 0.368 e. The summed E-state index contributed by atoms with van der Waals surface area (Å²) < 4.78 is 26.3. The maximum atomic E-state index is 13.3. The minimum Gasteiger partial charge on any atom is -0.368 e. The molecule has 1 unspecified atom stereocenters. The molecular formula is C12H11F2N3OS. The smallest absolute Gasteiger partial charge is 0.240 e. The maximum Gasteiger partial charge on any atom is 0.240 e. The monoisotopic (exact) mass is 283 g/mol. The van der Waals surface area contributed by atoms with Crippen molar-refractivity contribution in [1.29, 1.82) is 0 Å². The van der Waals surface area contributed by atoms with Crippen molar-refractivity contribution in [2.75, 3.05) is 4.90 Å². The van der Waals surface area contributed by atoms with Crippen LogP contribution in [0.3, 0.4) is 0 Å². The molecular weight excluding hydrogens is 272 g/mol. The van der Waals surface area contributed by atoms with Gasteiger partial charge in [-0.15, -0.1) is 11.3 Å². The molecule has 1 heterocycles. The van der Waals surface area contributed by atoms with Crippen LogP contribution in [0.4, 0.5) is 19.6 Å². The summed E-state index contributed by atoms with van der Waals surface area (Å²) in [6.45, 7) is 1.57. The predicted octanol–water partition coefficient (Wildman–Crippen LogP) is 2.43. The molecule has 100 valence electrons. The average molecular weight is 283 g/mol. The molecule has 2 rings (SSSR count). The third kappa shape index (κ3) is 2.70.